The number of sulfonamides is 1. The van der Waals surface area contributed by atoms with Gasteiger partial charge in [0.15, 0.2) is 12.6 Å². The third-order valence-corrected chi connectivity index (χ3v) is 15.3. The number of nitrogens with one attached hydrogen (secondary N) is 1. The van der Waals surface area contributed by atoms with Crippen molar-refractivity contribution in [3.8, 4) is 0 Å². The molecule has 0 aliphatic carbocycles. The maximum Gasteiger partial charge on any atom is 0.331 e. The van der Waals surface area contributed by atoms with Gasteiger partial charge in [0.1, 0.15) is 30.0 Å². The third-order valence-electron chi connectivity index (χ3n) is 13.8. The molecule has 1 aromatic rings. The Morgan fingerprint density at radius 3 is 2.17 bits per heavy atom. The number of hydrogen-bond donors (Lipinski definition) is 6. The molecule has 2 amide bonds. The zero-order valence-electron chi connectivity index (χ0n) is 40.1. The lowest BCUT2D eigenvalue weighted by Crippen LogP contribution is -2.61. The summed E-state index contributed by atoms with van der Waals surface area (Å²) < 4.78 is 67.0. The zero-order valence-corrected chi connectivity index (χ0v) is 40.9. The summed E-state index contributed by atoms with van der Waals surface area (Å²) in [6, 6.07) is 3.34. The number of amides is 2. The van der Waals surface area contributed by atoms with E-state index < -0.39 is 118 Å². The minimum Gasteiger partial charge on any atom is -0.459 e. The fraction of sp³-hybridized carbons (Fsp3) is 0.822. The van der Waals surface area contributed by atoms with E-state index in [1.807, 2.05) is 25.9 Å². The number of hydrogen-bond acceptors (Lipinski definition) is 16. The molecule has 19 heteroatoms. The van der Waals surface area contributed by atoms with Crippen LogP contribution in [0.15, 0.2) is 29.2 Å². The van der Waals surface area contributed by atoms with E-state index in [0.717, 1.165) is 4.90 Å². The van der Waals surface area contributed by atoms with E-state index in [1.165, 1.54) is 40.0 Å². The van der Waals surface area contributed by atoms with E-state index in [9.17, 15) is 43.5 Å². The van der Waals surface area contributed by atoms with Crippen LogP contribution in [0.2, 0.25) is 0 Å². The van der Waals surface area contributed by atoms with Crippen LogP contribution >= 0.6 is 0 Å². The fourth-order valence-electron chi connectivity index (χ4n) is 9.86. The molecule has 0 unspecified atom stereocenters. The van der Waals surface area contributed by atoms with Crippen LogP contribution in [0.4, 0.5) is 4.79 Å². The van der Waals surface area contributed by atoms with Gasteiger partial charge in [0.25, 0.3) is 10.0 Å². The molecule has 0 saturated carbocycles. The average Bonchev–Trinajstić information content (AvgIpc) is 3.20. The number of ether oxygens (including phenoxy) is 6. The molecule has 3 fully saturated rings. The molecule has 3 aliphatic rings. The molecule has 0 bridgehead atoms. The highest BCUT2D eigenvalue weighted by Gasteiger charge is 2.53. The van der Waals surface area contributed by atoms with E-state index in [1.54, 1.807) is 60.6 Å². The minimum absolute atomic E-state index is 0.0104. The van der Waals surface area contributed by atoms with Gasteiger partial charge in [-0.05, 0) is 106 Å². The number of aryl methyl sites for hydroxylation is 1. The van der Waals surface area contributed by atoms with Crippen molar-refractivity contribution in [1.82, 2.24) is 14.5 Å². The topological polar surface area (TPSA) is 243 Å². The van der Waals surface area contributed by atoms with Crippen molar-refractivity contribution < 1.29 is 72.0 Å². The van der Waals surface area contributed by atoms with E-state index in [4.69, 9.17) is 28.4 Å². The normalized spacial score (nSPS) is 42.3. The first-order chi connectivity index (χ1) is 29.5. The highest BCUT2D eigenvalue weighted by molar-refractivity contribution is 7.90. The molecule has 18 atom stereocenters. The maximum atomic E-state index is 14.5. The lowest BCUT2D eigenvalue weighted by molar-refractivity contribution is -0.318. The zero-order chi connectivity index (χ0) is 48.4. The predicted molar refractivity (Wildman–Crippen MR) is 235 cm³/mol. The van der Waals surface area contributed by atoms with E-state index in [0.29, 0.717) is 12.0 Å². The number of aliphatic hydroxyl groups is 5. The molecular formula is C45H77N3O15S. The minimum atomic E-state index is -4.44. The summed E-state index contributed by atoms with van der Waals surface area (Å²) in [5.74, 6) is -3.63. The molecule has 6 N–H and O–H groups in total. The number of aliphatic hydroxyl groups excluding tert-OH is 3. The first-order valence-corrected chi connectivity index (χ1v) is 23.9. The van der Waals surface area contributed by atoms with Gasteiger partial charge in [-0.1, -0.05) is 39.0 Å². The summed E-state index contributed by atoms with van der Waals surface area (Å²) in [5, 5.41) is 59.6. The summed E-state index contributed by atoms with van der Waals surface area (Å²) in [6.07, 6.45) is -10.9. The van der Waals surface area contributed by atoms with Crippen LogP contribution in [-0.2, 0) is 43.2 Å². The summed E-state index contributed by atoms with van der Waals surface area (Å²) in [6.45, 7) is 17.4. The van der Waals surface area contributed by atoms with Crippen molar-refractivity contribution in [3.63, 3.8) is 0 Å². The predicted octanol–water partition coefficient (Wildman–Crippen LogP) is 2.68. The Bertz CT molecular complexity index is 1830. The Balaban J connectivity index is 1.88. The second kappa shape index (κ2) is 21.2. The number of nitrogens with zero attached hydrogens (tertiary/aromatic N) is 2. The Morgan fingerprint density at radius 2 is 1.59 bits per heavy atom. The number of rotatable bonds is 9. The maximum absolute atomic E-state index is 14.5. The molecule has 3 saturated heterocycles. The van der Waals surface area contributed by atoms with Gasteiger partial charge in [0.05, 0.1) is 52.5 Å². The summed E-state index contributed by atoms with van der Waals surface area (Å²) in [5.41, 5.74) is -4.79. The van der Waals surface area contributed by atoms with Crippen molar-refractivity contribution in [3.05, 3.63) is 29.8 Å². The molecule has 0 spiro atoms. The molecule has 368 valence electrons. The van der Waals surface area contributed by atoms with Crippen molar-refractivity contribution in [2.75, 3.05) is 27.7 Å². The van der Waals surface area contributed by atoms with Crippen LogP contribution in [0.1, 0.15) is 100 Å². The number of likely N-dealkylation sites (N-methyl/N-ethyl adjacent to an activating group) is 1. The average molecular weight is 932 g/mol. The summed E-state index contributed by atoms with van der Waals surface area (Å²) in [7, 11) is 0.675. The monoisotopic (exact) mass is 932 g/mol. The lowest BCUT2D eigenvalue weighted by Gasteiger charge is -2.48. The van der Waals surface area contributed by atoms with Crippen molar-refractivity contribution >= 4 is 22.0 Å². The van der Waals surface area contributed by atoms with Gasteiger partial charge in [-0.2, -0.15) is 0 Å². The van der Waals surface area contributed by atoms with Gasteiger partial charge < -0.3 is 63.8 Å². The Hall–Kier alpha value is -2.53. The van der Waals surface area contributed by atoms with E-state index in [-0.39, 0.29) is 42.8 Å². The molecule has 3 aliphatic heterocycles. The van der Waals surface area contributed by atoms with E-state index in [2.05, 4.69) is 4.72 Å². The second-order valence-electron chi connectivity index (χ2n) is 19.6. The number of carbonyl (C=O) groups excluding carboxylic acids is 2. The number of benzene rings is 1. The number of carbonyl (C=O) groups is 2. The molecule has 18 nitrogen and oxygen atoms in total. The smallest absolute Gasteiger partial charge is 0.331 e. The molecule has 4 rings (SSSR count). The number of urea groups is 1. The highest BCUT2D eigenvalue weighted by Crippen LogP contribution is 2.40. The number of methoxy groups -OCH3 is 1. The summed E-state index contributed by atoms with van der Waals surface area (Å²) in [4.78, 5) is 31.6. The van der Waals surface area contributed by atoms with E-state index >= 15 is 0 Å². The van der Waals surface area contributed by atoms with Gasteiger partial charge >= 0.3 is 12.0 Å². The van der Waals surface area contributed by atoms with Gasteiger partial charge in [0, 0.05) is 32.0 Å². The Labute approximate surface area is 379 Å². The number of cyclic esters (lactones) is 1. The SMILES string of the molecule is CC[C@H]1OC(=O)[C@H](C)[C@@H](O[C@H]2C[C@@](C)(OC)[C@@H](O)[C@H](C)O2)[C@H](C)[C@@H](O[C@@H]2O[C@H](C)C[C@H](N(C)C)[C@H]2O)[C@](C)(O)C[C@@H](C)CN(C(=O)NS(=O)(=O)c2ccccc2C)[C@H](C)[C@@H](O)[C@]1(C)O. The van der Waals surface area contributed by atoms with Crippen LogP contribution in [0.3, 0.4) is 0 Å². The van der Waals surface area contributed by atoms with Crippen LogP contribution < -0.4 is 4.72 Å². The fourth-order valence-corrected chi connectivity index (χ4v) is 11.1. The van der Waals surface area contributed by atoms with Gasteiger partial charge in [-0.25, -0.2) is 17.9 Å². The molecule has 0 aromatic heterocycles. The molecular weight excluding hydrogens is 855 g/mol. The quantitative estimate of drug-likeness (QED) is 0.195. The molecule has 3 heterocycles. The Kier molecular flexibility index (Phi) is 17.9. The first kappa shape index (κ1) is 54.1. The van der Waals surface area contributed by atoms with Crippen molar-refractivity contribution in [2.45, 2.75) is 197 Å². The molecule has 0 radical (unpaired) electrons. The third kappa shape index (κ3) is 11.9. The van der Waals surface area contributed by atoms with Gasteiger partial charge in [-0.15, -0.1) is 0 Å². The van der Waals surface area contributed by atoms with Crippen LogP contribution in [0.25, 0.3) is 0 Å². The molecule has 1 aromatic carbocycles. The van der Waals surface area contributed by atoms with Crippen LogP contribution in [0.5, 0.6) is 0 Å². The summed E-state index contributed by atoms with van der Waals surface area (Å²) >= 11 is 0. The Morgan fingerprint density at radius 1 is 0.969 bits per heavy atom. The lowest BCUT2D eigenvalue weighted by atomic mass is 9.77. The van der Waals surface area contributed by atoms with Crippen LogP contribution in [-0.4, -0.2) is 174 Å². The largest absolute Gasteiger partial charge is 0.459 e. The van der Waals surface area contributed by atoms with Gasteiger partial charge in [0.2, 0.25) is 0 Å². The molecule has 64 heavy (non-hydrogen) atoms. The second-order valence-corrected chi connectivity index (χ2v) is 21.2. The highest BCUT2D eigenvalue weighted by atomic mass is 32.2. The standard InChI is InChI=1S/C45H77N3O15S/c1-15-33-45(11,55)37(50)29(7)48(42(53)46-64(56,57)32-19-17-16-18-25(32)3)23-24(2)21-43(9,54)39(63-41-35(49)31(47(12)13)20-26(4)59-41)27(5)36(28(6)40(52)61-33)62-34-22-44(10,58-14)38(51)30(8)60-34/h16-19,24,26-31,33-39,41,49-51,54-55H,15,20-23H2,1-14H3,(H,46,53)/t24-,26-,27+,28-,29-,30+,31+,33-,34+,35-,36+,37-,38+,39-,41+,43-,44-,45-/m1/s1. The van der Waals surface area contributed by atoms with Crippen LogP contribution in [0, 0.1) is 24.7 Å². The van der Waals surface area contributed by atoms with Crippen molar-refractivity contribution in [1.29, 1.82) is 0 Å². The van der Waals surface area contributed by atoms with Crippen molar-refractivity contribution in [2.24, 2.45) is 17.8 Å². The first-order valence-electron chi connectivity index (χ1n) is 22.4. The number of esters is 1. The van der Waals surface area contributed by atoms with Gasteiger partial charge in [-0.3, -0.25) is 4.79 Å².